The zero-order valence-corrected chi connectivity index (χ0v) is 19.1. The van der Waals surface area contributed by atoms with E-state index in [2.05, 4.69) is 0 Å². The van der Waals surface area contributed by atoms with Gasteiger partial charge in [-0.05, 0) is 70.7 Å². The Balaban J connectivity index is 1.80. The van der Waals surface area contributed by atoms with Crippen molar-refractivity contribution in [2.45, 2.75) is 51.0 Å². The molecule has 2 amide bonds. The molecule has 1 heterocycles. The van der Waals surface area contributed by atoms with Gasteiger partial charge in [-0.3, -0.25) is 4.79 Å². The maximum absolute atomic E-state index is 12.7. The summed E-state index contributed by atoms with van der Waals surface area (Å²) in [7, 11) is 1.76. The summed E-state index contributed by atoms with van der Waals surface area (Å²) in [5, 5.41) is 0. The van der Waals surface area contributed by atoms with Crippen LogP contribution in [0.25, 0.3) is 0 Å². The summed E-state index contributed by atoms with van der Waals surface area (Å²) < 4.78 is 10.9. The fraction of sp³-hybridized carbons (Fsp3) is 0.636. The maximum Gasteiger partial charge on any atom is 0.410 e. The molecule has 29 heavy (non-hydrogen) atoms. The molecule has 0 spiro atoms. The standard InChI is InChI=1S/C22H34N2O4S/c1-6-27-18-9-11-19(12-10-18)29-16-20(25)24-13-7-8-17(15-24)14-23(5)21(26)28-22(2,3)4/h9-12,17H,6-8,13-16H2,1-5H3. The first-order chi connectivity index (χ1) is 13.7. The van der Waals surface area contributed by atoms with Gasteiger partial charge < -0.3 is 19.3 Å². The molecule has 0 aliphatic carbocycles. The molecule has 1 aromatic rings. The van der Waals surface area contributed by atoms with Crippen molar-refractivity contribution in [1.29, 1.82) is 0 Å². The number of benzene rings is 1. The predicted octanol–water partition coefficient (Wildman–Crippen LogP) is 4.28. The van der Waals surface area contributed by atoms with Gasteiger partial charge in [0.05, 0.1) is 12.4 Å². The molecule has 6 nitrogen and oxygen atoms in total. The van der Waals surface area contributed by atoms with E-state index < -0.39 is 5.60 Å². The Hall–Kier alpha value is -1.89. The van der Waals surface area contributed by atoms with Crippen LogP contribution in [-0.4, -0.2) is 66.4 Å². The molecule has 0 saturated carbocycles. The SMILES string of the molecule is CCOc1ccc(SCC(=O)N2CCCC(CN(C)C(=O)OC(C)(C)C)C2)cc1. The minimum Gasteiger partial charge on any atom is -0.494 e. The van der Waals surface area contributed by atoms with Crippen LogP contribution in [0.1, 0.15) is 40.5 Å². The molecule has 1 aliphatic rings. The number of carbonyl (C=O) groups excluding carboxylic acids is 2. The molecule has 1 aliphatic heterocycles. The maximum atomic E-state index is 12.7. The monoisotopic (exact) mass is 422 g/mol. The molecule has 1 aromatic carbocycles. The molecule has 0 bridgehead atoms. The smallest absolute Gasteiger partial charge is 0.410 e. The number of ether oxygens (including phenoxy) is 2. The quantitative estimate of drug-likeness (QED) is 0.614. The Bertz CT molecular complexity index is 672. The third-order valence-corrected chi connectivity index (χ3v) is 5.60. The van der Waals surface area contributed by atoms with E-state index in [9.17, 15) is 9.59 Å². The molecule has 2 rings (SSSR count). The highest BCUT2D eigenvalue weighted by Gasteiger charge is 2.27. The summed E-state index contributed by atoms with van der Waals surface area (Å²) in [5.74, 6) is 1.69. The second kappa shape index (κ2) is 10.8. The molecule has 1 fully saturated rings. The van der Waals surface area contributed by atoms with Crippen LogP contribution in [-0.2, 0) is 9.53 Å². The first-order valence-corrected chi connectivity index (χ1v) is 11.2. The van der Waals surface area contributed by atoms with E-state index in [1.807, 2.05) is 56.9 Å². The van der Waals surface area contributed by atoms with E-state index in [1.54, 1.807) is 23.7 Å². The Labute approximate surface area is 178 Å². The summed E-state index contributed by atoms with van der Waals surface area (Å²) in [4.78, 5) is 29.5. The highest BCUT2D eigenvalue weighted by molar-refractivity contribution is 8.00. The van der Waals surface area contributed by atoms with E-state index >= 15 is 0 Å². The van der Waals surface area contributed by atoms with Crippen LogP contribution in [0.15, 0.2) is 29.2 Å². The van der Waals surface area contributed by atoms with Crippen LogP contribution in [0, 0.1) is 5.92 Å². The highest BCUT2D eigenvalue weighted by atomic mass is 32.2. The summed E-state index contributed by atoms with van der Waals surface area (Å²) in [6, 6.07) is 7.83. The molecule has 1 saturated heterocycles. The van der Waals surface area contributed by atoms with Crippen LogP contribution in [0.2, 0.25) is 0 Å². The molecule has 1 unspecified atom stereocenters. The fourth-order valence-electron chi connectivity index (χ4n) is 3.28. The number of piperidine rings is 1. The zero-order chi connectivity index (χ0) is 21.4. The van der Waals surface area contributed by atoms with Crippen LogP contribution >= 0.6 is 11.8 Å². The zero-order valence-electron chi connectivity index (χ0n) is 18.3. The van der Waals surface area contributed by atoms with Gasteiger partial charge in [-0.1, -0.05) is 0 Å². The average molecular weight is 423 g/mol. The summed E-state index contributed by atoms with van der Waals surface area (Å²) in [6.07, 6.45) is 1.67. The number of carbonyl (C=O) groups is 2. The lowest BCUT2D eigenvalue weighted by Gasteiger charge is -2.35. The molecular formula is C22H34N2O4S. The number of likely N-dealkylation sites (tertiary alicyclic amines) is 1. The molecule has 7 heteroatoms. The predicted molar refractivity (Wildman–Crippen MR) is 117 cm³/mol. The van der Waals surface area contributed by atoms with Gasteiger partial charge in [-0.2, -0.15) is 0 Å². The van der Waals surface area contributed by atoms with Gasteiger partial charge in [0.25, 0.3) is 0 Å². The van der Waals surface area contributed by atoms with Crippen molar-refractivity contribution in [1.82, 2.24) is 9.80 Å². The van der Waals surface area contributed by atoms with E-state index in [0.29, 0.717) is 25.4 Å². The topological polar surface area (TPSA) is 59.1 Å². The highest BCUT2D eigenvalue weighted by Crippen LogP contribution is 2.24. The van der Waals surface area contributed by atoms with Crippen LogP contribution < -0.4 is 4.74 Å². The van der Waals surface area contributed by atoms with Crippen LogP contribution in [0.4, 0.5) is 4.79 Å². The Morgan fingerprint density at radius 2 is 1.93 bits per heavy atom. The van der Waals surface area contributed by atoms with Gasteiger partial charge in [0, 0.05) is 31.6 Å². The second-order valence-electron chi connectivity index (χ2n) is 8.40. The largest absolute Gasteiger partial charge is 0.494 e. The molecule has 162 valence electrons. The van der Waals surface area contributed by atoms with Gasteiger partial charge in [0.1, 0.15) is 11.4 Å². The number of nitrogens with zero attached hydrogens (tertiary/aromatic N) is 2. The Morgan fingerprint density at radius 1 is 1.24 bits per heavy atom. The number of hydrogen-bond acceptors (Lipinski definition) is 5. The minimum absolute atomic E-state index is 0.147. The van der Waals surface area contributed by atoms with Gasteiger partial charge >= 0.3 is 6.09 Å². The fourth-order valence-corrected chi connectivity index (χ4v) is 4.08. The summed E-state index contributed by atoms with van der Waals surface area (Å²) in [5.41, 5.74) is -0.502. The normalized spacial score (nSPS) is 17.0. The number of amides is 2. The van der Waals surface area contributed by atoms with Crippen molar-refractivity contribution in [2.75, 3.05) is 39.0 Å². The molecule has 0 radical (unpaired) electrons. The van der Waals surface area contributed by atoms with E-state index in [-0.39, 0.29) is 17.9 Å². The van der Waals surface area contributed by atoms with E-state index in [1.165, 1.54) is 0 Å². The van der Waals surface area contributed by atoms with Crippen molar-refractivity contribution >= 4 is 23.8 Å². The lowest BCUT2D eigenvalue weighted by atomic mass is 9.97. The van der Waals surface area contributed by atoms with Crippen LogP contribution in [0.3, 0.4) is 0 Å². The van der Waals surface area contributed by atoms with Crippen molar-refractivity contribution in [2.24, 2.45) is 5.92 Å². The average Bonchev–Trinajstić information content (AvgIpc) is 2.66. The second-order valence-corrected chi connectivity index (χ2v) is 9.45. The molecular weight excluding hydrogens is 388 g/mol. The van der Waals surface area contributed by atoms with Gasteiger partial charge in [0.2, 0.25) is 5.91 Å². The molecule has 0 N–H and O–H groups in total. The number of thioether (sulfide) groups is 1. The van der Waals surface area contributed by atoms with Gasteiger partial charge in [-0.25, -0.2) is 4.79 Å². The van der Waals surface area contributed by atoms with E-state index in [4.69, 9.17) is 9.47 Å². The van der Waals surface area contributed by atoms with Gasteiger partial charge in [-0.15, -0.1) is 11.8 Å². The first-order valence-electron chi connectivity index (χ1n) is 10.3. The third-order valence-electron chi connectivity index (χ3n) is 4.61. The molecule has 1 atom stereocenters. The Kier molecular flexibility index (Phi) is 8.68. The lowest BCUT2D eigenvalue weighted by molar-refractivity contribution is -0.130. The van der Waals surface area contributed by atoms with Gasteiger partial charge in [0.15, 0.2) is 0 Å². The van der Waals surface area contributed by atoms with Crippen LogP contribution in [0.5, 0.6) is 5.75 Å². The lowest BCUT2D eigenvalue weighted by Crippen LogP contribution is -2.45. The Morgan fingerprint density at radius 3 is 2.55 bits per heavy atom. The van der Waals surface area contributed by atoms with E-state index in [0.717, 1.165) is 30.0 Å². The van der Waals surface area contributed by atoms with Crippen molar-refractivity contribution in [3.63, 3.8) is 0 Å². The third kappa shape index (κ3) is 8.17. The number of rotatable bonds is 7. The summed E-state index contributed by atoms with van der Waals surface area (Å²) >= 11 is 1.54. The first kappa shape index (κ1) is 23.4. The van der Waals surface area contributed by atoms with Crippen molar-refractivity contribution < 1.29 is 19.1 Å². The molecule has 0 aromatic heterocycles. The van der Waals surface area contributed by atoms with Crippen molar-refractivity contribution in [3.05, 3.63) is 24.3 Å². The number of hydrogen-bond donors (Lipinski definition) is 0. The summed E-state index contributed by atoms with van der Waals surface area (Å²) in [6.45, 7) is 10.3. The van der Waals surface area contributed by atoms with Crippen molar-refractivity contribution in [3.8, 4) is 5.75 Å². The minimum atomic E-state index is -0.502.